The second kappa shape index (κ2) is 5.37. The van der Waals surface area contributed by atoms with Gasteiger partial charge in [-0.2, -0.15) is 0 Å². The molecule has 0 aromatic heterocycles. The Bertz CT molecular complexity index is 378. The second-order valence-corrected chi connectivity index (χ2v) is 3.18. The molecule has 0 amide bonds. The van der Waals surface area contributed by atoms with Crippen molar-refractivity contribution in [3.05, 3.63) is 23.8 Å². The van der Waals surface area contributed by atoms with Crippen molar-refractivity contribution in [1.29, 1.82) is 0 Å². The van der Waals surface area contributed by atoms with E-state index in [0.29, 0.717) is 23.7 Å². The molecule has 88 valence electrons. The number of carbonyl (C=O) groups excluding carboxylic acids is 1. The maximum Gasteiger partial charge on any atom is 0.170 e. The summed E-state index contributed by atoms with van der Waals surface area (Å²) < 4.78 is 10.5. The summed E-state index contributed by atoms with van der Waals surface area (Å²) >= 11 is 0. The molecule has 0 saturated heterocycles. The summed E-state index contributed by atoms with van der Waals surface area (Å²) in [6.07, 6.45) is 0. The fourth-order valence-corrected chi connectivity index (χ4v) is 1.39. The number of benzene rings is 1. The van der Waals surface area contributed by atoms with Crippen molar-refractivity contribution in [3.63, 3.8) is 0 Å². The van der Waals surface area contributed by atoms with E-state index in [1.54, 1.807) is 18.2 Å². The maximum atomic E-state index is 10.8. The molecule has 1 aromatic rings. The maximum absolute atomic E-state index is 10.8. The van der Waals surface area contributed by atoms with Crippen molar-refractivity contribution in [1.82, 2.24) is 0 Å². The molecule has 0 radical (unpaired) electrons. The number of rotatable bonds is 5. The molecule has 0 spiro atoms. The van der Waals surface area contributed by atoms with Crippen molar-refractivity contribution in [2.45, 2.75) is 13.0 Å². The van der Waals surface area contributed by atoms with Crippen molar-refractivity contribution in [2.75, 3.05) is 13.7 Å². The Balaban J connectivity index is 3.20. The lowest BCUT2D eigenvalue weighted by molar-refractivity contribution is -0.443. The van der Waals surface area contributed by atoms with Gasteiger partial charge in [-0.1, -0.05) is 6.07 Å². The first-order chi connectivity index (χ1) is 7.61. The van der Waals surface area contributed by atoms with Crippen LogP contribution in [0.1, 0.15) is 18.5 Å². The van der Waals surface area contributed by atoms with Crippen LogP contribution in [0, 0.1) is 0 Å². The molecule has 1 aromatic carbocycles. The first-order valence-corrected chi connectivity index (χ1v) is 4.95. The van der Waals surface area contributed by atoms with Crippen LogP contribution in [0.4, 0.5) is 0 Å². The molecule has 0 unspecified atom stereocenters. The van der Waals surface area contributed by atoms with Crippen LogP contribution >= 0.6 is 0 Å². The van der Waals surface area contributed by atoms with Gasteiger partial charge in [0.15, 0.2) is 17.5 Å². The predicted octanol–water partition coefficient (Wildman–Crippen LogP) is -0.873. The minimum Gasteiger partial charge on any atom is -0.544 e. The smallest absolute Gasteiger partial charge is 0.170 e. The van der Waals surface area contributed by atoms with Crippen LogP contribution in [-0.2, 0) is 4.79 Å². The highest BCUT2D eigenvalue weighted by atomic mass is 16.5. The molecule has 0 bridgehead atoms. The van der Waals surface area contributed by atoms with Gasteiger partial charge < -0.3 is 25.1 Å². The van der Waals surface area contributed by atoms with E-state index >= 15 is 0 Å². The number of hydrogen-bond acceptors (Lipinski definition) is 4. The van der Waals surface area contributed by atoms with Gasteiger partial charge in [0.1, 0.15) is 5.97 Å². The number of para-hydroxylation sites is 1. The molecule has 16 heavy (non-hydrogen) atoms. The van der Waals surface area contributed by atoms with Gasteiger partial charge in [0, 0.05) is 0 Å². The lowest BCUT2D eigenvalue weighted by atomic mass is 10.1. The van der Waals surface area contributed by atoms with Crippen LogP contribution in [0.5, 0.6) is 11.5 Å². The first-order valence-electron chi connectivity index (χ1n) is 4.95. The van der Waals surface area contributed by atoms with E-state index < -0.39 is 12.0 Å². The Morgan fingerprint density at radius 1 is 1.56 bits per heavy atom. The Morgan fingerprint density at radius 2 is 2.25 bits per heavy atom. The summed E-state index contributed by atoms with van der Waals surface area (Å²) in [4.78, 5) is 10.8. The molecule has 5 heteroatoms. The number of hydrogen-bond donors (Lipinski definition) is 1. The quantitative estimate of drug-likeness (QED) is 0.705. The zero-order chi connectivity index (χ0) is 12.1. The van der Waals surface area contributed by atoms with E-state index in [1.165, 1.54) is 7.11 Å². The summed E-state index contributed by atoms with van der Waals surface area (Å²) in [6.45, 7) is 2.24. The van der Waals surface area contributed by atoms with E-state index in [9.17, 15) is 9.90 Å². The van der Waals surface area contributed by atoms with Crippen LogP contribution in [0.15, 0.2) is 18.2 Å². The second-order valence-electron chi connectivity index (χ2n) is 3.18. The van der Waals surface area contributed by atoms with Crippen LogP contribution in [-0.4, -0.2) is 19.7 Å². The topological polar surface area (TPSA) is 86.2 Å². The van der Waals surface area contributed by atoms with E-state index in [-0.39, 0.29) is 0 Å². The number of quaternary nitrogens is 1. The van der Waals surface area contributed by atoms with Gasteiger partial charge in [-0.25, -0.2) is 0 Å². The SMILES string of the molecule is CCOc1c(OC)cccc1[C@H]([NH3+])C(=O)[O-]. The van der Waals surface area contributed by atoms with Crippen LogP contribution in [0.2, 0.25) is 0 Å². The Kier molecular flexibility index (Phi) is 4.13. The molecule has 0 heterocycles. The summed E-state index contributed by atoms with van der Waals surface area (Å²) in [5.41, 5.74) is 3.99. The Morgan fingerprint density at radius 3 is 2.75 bits per heavy atom. The van der Waals surface area contributed by atoms with Gasteiger partial charge in [0.2, 0.25) is 0 Å². The van der Waals surface area contributed by atoms with Crippen LogP contribution < -0.4 is 20.3 Å². The minimum absolute atomic E-state index is 0.414. The fourth-order valence-electron chi connectivity index (χ4n) is 1.39. The highest BCUT2D eigenvalue weighted by molar-refractivity contribution is 5.73. The molecule has 0 fully saturated rings. The van der Waals surface area contributed by atoms with E-state index in [4.69, 9.17) is 9.47 Å². The van der Waals surface area contributed by atoms with E-state index in [2.05, 4.69) is 5.73 Å². The van der Waals surface area contributed by atoms with Gasteiger partial charge in [0.25, 0.3) is 0 Å². The molecule has 3 N–H and O–H groups in total. The van der Waals surface area contributed by atoms with Crippen molar-refractivity contribution in [2.24, 2.45) is 0 Å². The zero-order valence-corrected chi connectivity index (χ0v) is 9.36. The number of carboxylic acid groups (broad SMARTS) is 1. The number of carboxylic acids is 1. The summed E-state index contributed by atoms with van der Waals surface area (Å²) in [5, 5.41) is 10.8. The molecule has 5 nitrogen and oxygen atoms in total. The van der Waals surface area contributed by atoms with Gasteiger partial charge >= 0.3 is 0 Å². The highest BCUT2D eigenvalue weighted by Crippen LogP contribution is 2.33. The van der Waals surface area contributed by atoms with E-state index in [1.807, 2.05) is 6.92 Å². The fraction of sp³-hybridized carbons (Fsp3) is 0.364. The van der Waals surface area contributed by atoms with Crippen molar-refractivity contribution >= 4 is 5.97 Å². The van der Waals surface area contributed by atoms with Crippen LogP contribution in [0.3, 0.4) is 0 Å². The third-order valence-electron chi connectivity index (χ3n) is 2.18. The van der Waals surface area contributed by atoms with E-state index in [0.717, 1.165) is 0 Å². The Hall–Kier alpha value is -1.75. The number of ether oxygens (including phenoxy) is 2. The molecule has 0 saturated carbocycles. The largest absolute Gasteiger partial charge is 0.544 e. The first kappa shape index (κ1) is 12.3. The molecular formula is C11H15NO4. The number of methoxy groups -OCH3 is 1. The van der Waals surface area contributed by atoms with Gasteiger partial charge in [0.05, 0.1) is 19.3 Å². The molecule has 0 aliphatic heterocycles. The average Bonchev–Trinajstić information content (AvgIpc) is 2.28. The highest BCUT2D eigenvalue weighted by Gasteiger charge is 2.19. The molecule has 0 aliphatic rings. The number of aliphatic carboxylic acids is 1. The summed E-state index contributed by atoms with van der Waals surface area (Å²) in [5.74, 6) is -0.333. The lowest BCUT2D eigenvalue weighted by Crippen LogP contribution is -2.61. The molecular weight excluding hydrogens is 210 g/mol. The molecule has 1 rings (SSSR count). The average molecular weight is 225 g/mol. The lowest BCUT2D eigenvalue weighted by Gasteiger charge is -2.17. The van der Waals surface area contributed by atoms with Gasteiger partial charge in [-0.3, -0.25) is 0 Å². The van der Waals surface area contributed by atoms with Crippen LogP contribution in [0.25, 0.3) is 0 Å². The molecule has 1 atom stereocenters. The van der Waals surface area contributed by atoms with Crippen molar-refractivity contribution < 1.29 is 25.1 Å². The standard InChI is InChI=1S/C11H15NO4/c1-3-16-10-7(9(12)11(13)14)5-4-6-8(10)15-2/h4-6,9H,3,12H2,1-2H3,(H,13,14)/t9-/m0/s1. The van der Waals surface area contributed by atoms with Gasteiger partial charge in [-0.15, -0.1) is 0 Å². The Labute approximate surface area is 93.8 Å². The monoisotopic (exact) mass is 225 g/mol. The minimum atomic E-state index is -1.24. The third-order valence-corrected chi connectivity index (χ3v) is 2.18. The van der Waals surface area contributed by atoms with Crippen molar-refractivity contribution in [3.8, 4) is 11.5 Å². The normalized spacial score (nSPS) is 11.9. The molecule has 0 aliphatic carbocycles. The third kappa shape index (κ3) is 2.43. The summed E-state index contributed by atoms with van der Waals surface area (Å²) in [6, 6.07) is 4.06. The van der Waals surface area contributed by atoms with Gasteiger partial charge in [-0.05, 0) is 19.1 Å². The zero-order valence-electron chi connectivity index (χ0n) is 9.36. The number of carbonyl (C=O) groups is 1. The predicted molar refractivity (Wildman–Crippen MR) is 54.8 cm³/mol. The summed E-state index contributed by atoms with van der Waals surface area (Å²) in [7, 11) is 1.50.